The number of hydrogen-bond donors (Lipinski definition) is 0. The first kappa shape index (κ1) is 9.14. The minimum atomic E-state index is 0. The Labute approximate surface area is 72.1 Å². The van der Waals surface area contributed by atoms with Crippen LogP contribution in [0.1, 0.15) is 0 Å². The van der Waals surface area contributed by atoms with Gasteiger partial charge < -0.3 is 0 Å². The zero-order chi connectivity index (χ0) is 2.71. The summed E-state index contributed by atoms with van der Waals surface area (Å²) in [6.07, 6.45) is 0. The summed E-state index contributed by atoms with van der Waals surface area (Å²) in [5.41, 5.74) is 0. The Morgan fingerprint density at radius 2 is 1.75 bits per heavy atom. The second-order valence-electron chi connectivity index (χ2n) is 0.0891. The predicted octanol–water partition coefficient (Wildman–Crippen LogP) is -0.233. The van der Waals surface area contributed by atoms with Gasteiger partial charge in [-0.1, -0.05) is 0 Å². The standard InChI is InChI=1S/CHClO.K.H/c2-1-3;;/h1H;;. The summed E-state index contributed by atoms with van der Waals surface area (Å²) in [6, 6.07) is 0. The molecule has 3 heteroatoms. The Morgan fingerprint density at radius 3 is 1.75 bits per heavy atom. The summed E-state index contributed by atoms with van der Waals surface area (Å²) in [5, 5.41) is 0. The van der Waals surface area contributed by atoms with E-state index in [2.05, 4.69) is 11.6 Å². The van der Waals surface area contributed by atoms with E-state index in [4.69, 9.17) is 4.79 Å². The summed E-state index contributed by atoms with van der Waals surface area (Å²) in [7, 11) is 0. The maximum atomic E-state index is 8.57. The van der Waals surface area contributed by atoms with E-state index >= 15 is 0 Å². The second-order valence-corrected chi connectivity index (χ2v) is 0.267. The van der Waals surface area contributed by atoms with E-state index in [9.17, 15) is 0 Å². The van der Waals surface area contributed by atoms with Gasteiger partial charge in [0, 0.05) is 0 Å². The summed E-state index contributed by atoms with van der Waals surface area (Å²) >= 11 is 4.32. The van der Waals surface area contributed by atoms with E-state index in [1.807, 2.05) is 0 Å². The van der Waals surface area contributed by atoms with Gasteiger partial charge in [-0.15, -0.1) is 0 Å². The fourth-order valence-corrected chi connectivity index (χ4v) is 0. The van der Waals surface area contributed by atoms with E-state index in [0.717, 1.165) is 0 Å². The first-order chi connectivity index (χ1) is 1.41. The topological polar surface area (TPSA) is 17.1 Å². The van der Waals surface area contributed by atoms with Gasteiger partial charge >= 0.3 is 51.4 Å². The predicted molar refractivity (Wildman–Crippen MR) is 19.8 cm³/mol. The Balaban J connectivity index is 0. The molecule has 0 spiro atoms. The summed E-state index contributed by atoms with van der Waals surface area (Å²) < 4.78 is 0. The van der Waals surface area contributed by atoms with Crippen molar-refractivity contribution in [2.75, 3.05) is 0 Å². The van der Waals surface area contributed by atoms with Crippen molar-refractivity contribution in [3.63, 3.8) is 0 Å². The third-order valence-corrected chi connectivity index (χ3v) is 0. The van der Waals surface area contributed by atoms with Crippen LogP contribution in [0.5, 0.6) is 0 Å². The van der Waals surface area contributed by atoms with Crippen LogP contribution in [0.25, 0.3) is 0 Å². The number of hydrogen-bond acceptors (Lipinski definition) is 1. The van der Waals surface area contributed by atoms with Gasteiger partial charge in [0.1, 0.15) is 0 Å². The number of carbonyl (C=O) groups excluding carboxylic acids is 1. The molecule has 0 rings (SSSR count). The molecule has 20 valence electrons. The molecule has 0 saturated carbocycles. The molecule has 0 aliphatic rings. The molecule has 4 heavy (non-hydrogen) atoms. The van der Waals surface area contributed by atoms with Gasteiger partial charge in [0.15, 0.2) is 0 Å². The van der Waals surface area contributed by atoms with Gasteiger partial charge in [0.25, 0.3) is 0 Å². The molecule has 0 aliphatic heterocycles. The maximum absolute atomic E-state index is 8.57. The number of carbonyl (C=O) groups is 1. The van der Waals surface area contributed by atoms with Crippen LogP contribution in [0, 0.1) is 0 Å². The van der Waals surface area contributed by atoms with E-state index in [0.29, 0.717) is 0 Å². The average molecular weight is 105 g/mol. The van der Waals surface area contributed by atoms with Crippen LogP contribution < -0.4 is 0 Å². The molecule has 0 atom stereocenters. The van der Waals surface area contributed by atoms with Crippen LogP contribution in [-0.4, -0.2) is 57.1 Å². The van der Waals surface area contributed by atoms with Gasteiger partial charge in [-0.2, -0.15) is 0 Å². The Bertz CT molecular complexity index is 15.5. The monoisotopic (exact) mass is 104 g/mol. The van der Waals surface area contributed by atoms with Crippen molar-refractivity contribution in [1.82, 2.24) is 0 Å². The SMILES string of the molecule is O=CCl.[KH]. The first-order valence-corrected chi connectivity index (χ1v) is 0.890. The van der Waals surface area contributed by atoms with Gasteiger partial charge in [0.05, 0.1) is 0 Å². The first-order valence-electron chi connectivity index (χ1n) is 0.454. The van der Waals surface area contributed by atoms with Crippen LogP contribution in [-0.2, 0) is 4.79 Å². The molecular weight excluding hydrogens is 103 g/mol. The second kappa shape index (κ2) is 8.82. The summed E-state index contributed by atoms with van der Waals surface area (Å²) in [4.78, 5) is 8.57. The zero-order valence-corrected chi connectivity index (χ0v) is 2.12. The third kappa shape index (κ3) is 9.51. The molecule has 0 aliphatic carbocycles. The van der Waals surface area contributed by atoms with Crippen LogP contribution in [0.4, 0.5) is 0 Å². The molecule has 0 amide bonds. The molecule has 0 saturated heterocycles. The van der Waals surface area contributed by atoms with Crippen molar-refractivity contribution in [2.45, 2.75) is 0 Å². The molecule has 0 fully saturated rings. The Morgan fingerprint density at radius 1 is 1.75 bits per heavy atom. The third-order valence-electron chi connectivity index (χ3n) is 0. The van der Waals surface area contributed by atoms with Crippen molar-refractivity contribution in [3.8, 4) is 0 Å². The quantitative estimate of drug-likeness (QED) is 0.236. The molecule has 0 radical (unpaired) electrons. The van der Waals surface area contributed by atoms with Crippen LogP contribution in [0.2, 0.25) is 0 Å². The molecular formula is CH2ClKO. The van der Waals surface area contributed by atoms with Crippen LogP contribution >= 0.6 is 11.6 Å². The van der Waals surface area contributed by atoms with Crippen molar-refractivity contribution in [3.05, 3.63) is 0 Å². The van der Waals surface area contributed by atoms with E-state index < -0.39 is 0 Å². The normalized spacial score (nSPS) is 3.25. The fourth-order valence-electron chi connectivity index (χ4n) is 0. The van der Waals surface area contributed by atoms with Gasteiger partial charge in [0.2, 0.25) is 5.75 Å². The van der Waals surface area contributed by atoms with Gasteiger partial charge in [-0.05, 0) is 11.6 Å². The van der Waals surface area contributed by atoms with E-state index in [1.54, 1.807) is 0 Å². The van der Waals surface area contributed by atoms with Crippen molar-refractivity contribution in [2.24, 2.45) is 0 Å². The molecule has 0 heterocycles. The summed E-state index contributed by atoms with van der Waals surface area (Å²) in [6.45, 7) is 0. The molecule has 0 aromatic rings. The van der Waals surface area contributed by atoms with Gasteiger partial charge in [-0.25, -0.2) is 0 Å². The molecule has 0 unspecified atom stereocenters. The van der Waals surface area contributed by atoms with E-state index in [-0.39, 0.29) is 57.1 Å². The Hall–Kier alpha value is 1.60. The molecule has 0 bridgehead atoms. The Kier molecular flexibility index (Phi) is 20.2. The molecule has 0 aromatic heterocycles. The average Bonchev–Trinajstić information content (AvgIpc) is 0.918. The zero-order valence-electron chi connectivity index (χ0n) is 1.36. The molecule has 1 nitrogen and oxygen atoms in total. The van der Waals surface area contributed by atoms with Crippen molar-refractivity contribution in [1.29, 1.82) is 0 Å². The molecule has 0 aromatic carbocycles. The van der Waals surface area contributed by atoms with Crippen molar-refractivity contribution >= 4 is 68.7 Å². The van der Waals surface area contributed by atoms with Crippen molar-refractivity contribution < 1.29 is 4.79 Å². The minimum absolute atomic E-state index is 0. The summed E-state index contributed by atoms with van der Waals surface area (Å²) in [5.74, 6) is 0.222. The van der Waals surface area contributed by atoms with Crippen LogP contribution in [0.15, 0.2) is 0 Å². The fraction of sp³-hybridized carbons (Fsp3) is 0. The number of rotatable bonds is 0. The molecule has 0 N–H and O–H groups in total. The van der Waals surface area contributed by atoms with Gasteiger partial charge in [-0.3, -0.25) is 4.79 Å². The van der Waals surface area contributed by atoms with E-state index in [1.165, 1.54) is 0 Å². The van der Waals surface area contributed by atoms with Crippen LogP contribution in [0.3, 0.4) is 0 Å². The number of halogens is 1.